The molecule has 1 aliphatic rings. The molecule has 0 saturated carbocycles. The molecule has 1 aliphatic heterocycles. The third-order valence-electron chi connectivity index (χ3n) is 5.44. The minimum atomic E-state index is -0.809. The lowest BCUT2D eigenvalue weighted by molar-refractivity contribution is -0.121. The minimum Gasteiger partial charge on any atom is -0.293 e. The van der Waals surface area contributed by atoms with E-state index in [-0.39, 0.29) is 23.8 Å². The number of benzene rings is 2. The van der Waals surface area contributed by atoms with E-state index in [0.29, 0.717) is 22.1 Å². The molecular formula is C22H18N4O3S. The Labute approximate surface area is 175 Å². The van der Waals surface area contributed by atoms with Gasteiger partial charge in [0.25, 0.3) is 5.56 Å². The SMILES string of the molecule is Cc1ccccc1N1C(=O)C[C@H](c2c(C)[nH]n(-c3nc4ccccc4s3)c2=O)C1=O. The first-order valence-corrected chi connectivity index (χ1v) is 10.4. The summed E-state index contributed by atoms with van der Waals surface area (Å²) in [5, 5.41) is 3.54. The van der Waals surface area contributed by atoms with E-state index < -0.39 is 5.92 Å². The smallest absolute Gasteiger partial charge is 0.277 e. The Morgan fingerprint density at radius 2 is 1.77 bits per heavy atom. The molecule has 1 atom stereocenters. The molecule has 0 aliphatic carbocycles. The normalized spacial score (nSPS) is 16.7. The van der Waals surface area contributed by atoms with Gasteiger partial charge in [-0.2, -0.15) is 4.68 Å². The van der Waals surface area contributed by atoms with E-state index in [0.717, 1.165) is 15.8 Å². The number of nitrogens with zero attached hydrogens (tertiary/aromatic N) is 3. The molecule has 3 heterocycles. The number of carbonyl (C=O) groups is 2. The predicted molar refractivity (Wildman–Crippen MR) is 115 cm³/mol. The van der Waals surface area contributed by atoms with Gasteiger partial charge >= 0.3 is 0 Å². The minimum absolute atomic E-state index is 0.0268. The highest BCUT2D eigenvalue weighted by molar-refractivity contribution is 7.20. The number of carbonyl (C=O) groups excluding carboxylic acids is 2. The number of thiazole rings is 1. The Kier molecular flexibility index (Phi) is 4.18. The number of nitrogens with one attached hydrogen (secondary N) is 1. The van der Waals surface area contributed by atoms with Crippen LogP contribution in [0.1, 0.15) is 29.2 Å². The van der Waals surface area contributed by atoms with Crippen LogP contribution in [0.3, 0.4) is 0 Å². The summed E-state index contributed by atoms with van der Waals surface area (Å²) in [6.45, 7) is 3.60. The number of aromatic amines is 1. The average molecular weight is 418 g/mol. The van der Waals surface area contributed by atoms with Crippen molar-refractivity contribution >= 4 is 39.1 Å². The number of imide groups is 1. The summed E-state index contributed by atoms with van der Waals surface area (Å²) in [4.78, 5) is 44.9. The zero-order chi connectivity index (χ0) is 21.0. The molecule has 2 amide bonds. The highest BCUT2D eigenvalue weighted by Crippen LogP contribution is 2.34. The summed E-state index contributed by atoms with van der Waals surface area (Å²) in [5.41, 5.74) is 2.74. The Bertz CT molecular complexity index is 1350. The molecule has 0 unspecified atom stereocenters. The van der Waals surface area contributed by atoms with Gasteiger partial charge in [0.15, 0.2) is 0 Å². The molecule has 7 nitrogen and oxygen atoms in total. The van der Waals surface area contributed by atoms with Gasteiger partial charge < -0.3 is 0 Å². The lowest BCUT2D eigenvalue weighted by atomic mass is 9.98. The van der Waals surface area contributed by atoms with Crippen LogP contribution in [0.4, 0.5) is 5.69 Å². The summed E-state index contributed by atoms with van der Waals surface area (Å²) >= 11 is 1.39. The highest BCUT2D eigenvalue weighted by Gasteiger charge is 2.43. The van der Waals surface area contributed by atoms with Gasteiger partial charge in [-0.25, -0.2) is 9.88 Å². The van der Waals surface area contributed by atoms with Crippen molar-refractivity contribution in [3.05, 3.63) is 75.7 Å². The van der Waals surface area contributed by atoms with Gasteiger partial charge in [0.05, 0.1) is 27.4 Å². The molecule has 1 saturated heterocycles. The summed E-state index contributed by atoms with van der Waals surface area (Å²) in [6.07, 6.45) is -0.0268. The molecular weight excluding hydrogens is 400 g/mol. The van der Waals surface area contributed by atoms with Crippen LogP contribution in [0, 0.1) is 13.8 Å². The predicted octanol–water partition coefficient (Wildman–Crippen LogP) is 3.44. The number of H-pyrrole nitrogens is 1. The molecule has 8 heteroatoms. The van der Waals surface area contributed by atoms with Crippen molar-refractivity contribution in [1.29, 1.82) is 0 Å². The number of hydrogen-bond acceptors (Lipinski definition) is 5. The van der Waals surface area contributed by atoms with Crippen molar-refractivity contribution in [2.24, 2.45) is 0 Å². The second-order valence-electron chi connectivity index (χ2n) is 7.37. The van der Waals surface area contributed by atoms with E-state index in [1.165, 1.54) is 20.9 Å². The van der Waals surface area contributed by atoms with Crippen LogP contribution >= 0.6 is 11.3 Å². The van der Waals surface area contributed by atoms with E-state index in [9.17, 15) is 14.4 Å². The number of anilines is 1. The van der Waals surface area contributed by atoms with E-state index in [4.69, 9.17) is 0 Å². The van der Waals surface area contributed by atoms with Crippen LogP contribution in [-0.2, 0) is 9.59 Å². The first-order chi connectivity index (χ1) is 14.5. The molecule has 150 valence electrons. The summed E-state index contributed by atoms with van der Waals surface area (Å²) in [7, 11) is 0. The molecule has 2 aromatic heterocycles. The molecule has 1 N–H and O–H groups in total. The molecule has 2 aromatic carbocycles. The number of aryl methyl sites for hydroxylation is 2. The Morgan fingerprint density at radius 3 is 2.53 bits per heavy atom. The monoisotopic (exact) mass is 418 g/mol. The van der Waals surface area contributed by atoms with Crippen molar-refractivity contribution in [2.75, 3.05) is 4.90 Å². The first-order valence-electron chi connectivity index (χ1n) is 9.55. The van der Waals surface area contributed by atoms with Crippen LogP contribution in [0.2, 0.25) is 0 Å². The average Bonchev–Trinajstić information content (AvgIpc) is 3.36. The van der Waals surface area contributed by atoms with E-state index in [1.54, 1.807) is 19.1 Å². The first kappa shape index (κ1) is 18.5. The number of para-hydroxylation sites is 2. The third kappa shape index (κ3) is 2.72. The lowest BCUT2D eigenvalue weighted by Crippen LogP contribution is -2.31. The molecule has 4 aromatic rings. The van der Waals surface area contributed by atoms with E-state index in [1.807, 2.05) is 43.3 Å². The largest absolute Gasteiger partial charge is 0.293 e. The van der Waals surface area contributed by atoms with Crippen LogP contribution in [0.25, 0.3) is 15.3 Å². The van der Waals surface area contributed by atoms with Crippen LogP contribution in [0.5, 0.6) is 0 Å². The Balaban J connectivity index is 1.57. The Hall–Kier alpha value is -3.52. The van der Waals surface area contributed by atoms with Gasteiger partial charge in [-0.3, -0.25) is 19.5 Å². The fraction of sp³-hybridized carbons (Fsp3) is 0.182. The maximum atomic E-state index is 13.2. The number of rotatable bonds is 3. The van der Waals surface area contributed by atoms with Gasteiger partial charge in [-0.05, 0) is 37.6 Å². The van der Waals surface area contributed by atoms with Gasteiger partial charge in [0.2, 0.25) is 16.9 Å². The standard InChI is InChI=1S/C22H18N4O3S/c1-12-7-3-5-9-16(12)25-18(27)11-14(20(25)28)19-13(2)24-26(21(19)29)22-23-15-8-4-6-10-17(15)30-22/h3-10,14,24H,11H2,1-2H3/t14-/m1/s1. The maximum absolute atomic E-state index is 13.2. The molecule has 5 rings (SSSR count). The maximum Gasteiger partial charge on any atom is 0.277 e. The summed E-state index contributed by atoms with van der Waals surface area (Å²) in [5.74, 6) is -1.48. The number of aromatic nitrogens is 3. The van der Waals surface area contributed by atoms with Crippen molar-refractivity contribution in [3.63, 3.8) is 0 Å². The number of fused-ring (bicyclic) bond motifs is 1. The lowest BCUT2D eigenvalue weighted by Gasteiger charge is -2.17. The van der Waals surface area contributed by atoms with Crippen LogP contribution in [-0.4, -0.2) is 26.6 Å². The second-order valence-corrected chi connectivity index (χ2v) is 8.37. The highest BCUT2D eigenvalue weighted by atomic mass is 32.1. The molecule has 0 bridgehead atoms. The van der Waals surface area contributed by atoms with Crippen LogP contribution < -0.4 is 10.5 Å². The third-order valence-corrected chi connectivity index (χ3v) is 6.46. The van der Waals surface area contributed by atoms with Crippen molar-refractivity contribution in [3.8, 4) is 5.13 Å². The fourth-order valence-corrected chi connectivity index (χ4v) is 4.91. The van der Waals surface area contributed by atoms with Crippen LogP contribution in [0.15, 0.2) is 53.3 Å². The molecule has 0 radical (unpaired) electrons. The van der Waals surface area contributed by atoms with Crippen molar-refractivity contribution in [1.82, 2.24) is 14.8 Å². The number of amides is 2. The second kappa shape index (κ2) is 6.77. The van der Waals surface area contributed by atoms with Gasteiger partial charge in [0, 0.05) is 12.1 Å². The van der Waals surface area contributed by atoms with Gasteiger partial charge in [-0.15, -0.1) is 0 Å². The Morgan fingerprint density at radius 1 is 1.03 bits per heavy atom. The molecule has 0 spiro atoms. The summed E-state index contributed by atoms with van der Waals surface area (Å²) < 4.78 is 2.33. The van der Waals surface area contributed by atoms with Crippen molar-refractivity contribution in [2.45, 2.75) is 26.2 Å². The number of hydrogen-bond donors (Lipinski definition) is 1. The van der Waals surface area contributed by atoms with Gasteiger partial charge in [0.1, 0.15) is 0 Å². The summed E-state index contributed by atoms with van der Waals surface area (Å²) in [6, 6.07) is 14.9. The van der Waals surface area contributed by atoms with Crippen molar-refractivity contribution < 1.29 is 9.59 Å². The quantitative estimate of drug-likeness (QED) is 0.516. The van der Waals surface area contributed by atoms with E-state index >= 15 is 0 Å². The zero-order valence-corrected chi connectivity index (χ0v) is 17.2. The van der Waals surface area contributed by atoms with Gasteiger partial charge in [-0.1, -0.05) is 41.7 Å². The fourth-order valence-electron chi connectivity index (χ4n) is 3.99. The topological polar surface area (TPSA) is 88.1 Å². The van der Waals surface area contributed by atoms with E-state index in [2.05, 4.69) is 10.1 Å². The molecule has 1 fully saturated rings. The zero-order valence-electron chi connectivity index (χ0n) is 16.4. The molecule has 30 heavy (non-hydrogen) atoms.